The Morgan fingerprint density at radius 1 is 1.18 bits per heavy atom. The zero-order valence-corrected chi connectivity index (χ0v) is 19.7. The molecule has 1 aliphatic heterocycles. The van der Waals surface area contributed by atoms with Crippen LogP contribution in [0.25, 0.3) is 0 Å². The van der Waals surface area contributed by atoms with E-state index in [1.165, 1.54) is 18.3 Å². The first-order valence-electron chi connectivity index (χ1n) is 10.3. The van der Waals surface area contributed by atoms with Crippen LogP contribution in [0.1, 0.15) is 11.1 Å². The molecule has 2 heterocycles. The molecule has 4 rings (SSSR count). The first kappa shape index (κ1) is 23.3. The number of rotatable bonds is 7. The summed E-state index contributed by atoms with van der Waals surface area (Å²) in [7, 11) is 0. The molecule has 3 N–H and O–H groups in total. The molecule has 1 saturated heterocycles. The van der Waals surface area contributed by atoms with E-state index >= 15 is 0 Å². The van der Waals surface area contributed by atoms with Crippen LogP contribution in [-0.2, 0) is 4.74 Å². The smallest absolute Gasteiger partial charge is 0.271 e. The number of hydrogen-bond donors (Lipinski definition) is 3. The van der Waals surface area contributed by atoms with Crippen molar-refractivity contribution in [2.45, 2.75) is 6.92 Å². The Morgan fingerprint density at radius 3 is 2.59 bits per heavy atom. The molecule has 13 heteroatoms. The van der Waals surface area contributed by atoms with Crippen molar-refractivity contribution in [1.82, 2.24) is 15.0 Å². The number of morpholine rings is 1. The van der Waals surface area contributed by atoms with Crippen molar-refractivity contribution in [2.75, 3.05) is 41.9 Å². The number of nitro groups is 1. The number of hydrogen-bond acceptors (Lipinski definition) is 11. The number of aromatic hydroxyl groups is 1. The summed E-state index contributed by atoms with van der Waals surface area (Å²) in [5.74, 6) is 0.749. The third kappa shape index (κ3) is 5.74. The lowest BCUT2D eigenvalue weighted by Crippen LogP contribution is -2.37. The highest BCUT2D eigenvalue weighted by Crippen LogP contribution is 2.31. The number of nitro benzene ring substituents is 1. The molecule has 12 nitrogen and oxygen atoms in total. The fourth-order valence-electron chi connectivity index (χ4n) is 3.11. The number of benzene rings is 2. The third-order valence-electron chi connectivity index (χ3n) is 4.88. The molecule has 0 aliphatic carbocycles. The van der Waals surface area contributed by atoms with Gasteiger partial charge in [-0.3, -0.25) is 10.1 Å². The van der Waals surface area contributed by atoms with E-state index in [9.17, 15) is 15.2 Å². The number of aromatic nitrogens is 3. The highest BCUT2D eigenvalue weighted by atomic mass is 79.9. The van der Waals surface area contributed by atoms with Crippen LogP contribution >= 0.6 is 15.9 Å². The molecule has 1 fully saturated rings. The van der Waals surface area contributed by atoms with Gasteiger partial charge in [-0.2, -0.15) is 20.1 Å². The van der Waals surface area contributed by atoms with Crippen LogP contribution in [0.5, 0.6) is 5.75 Å². The molecule has 0 amide bonds. The number of halogens is 1. The van der Waals surface area contributed by atoms with Crippen LogP contribution in [0, 0.1) is 17.0 Å². The maximum atomic E-state index is 11.1. The van der Waals surface area contributed by atoms with E-state index in [0.29, 0.717) is 38.2 Å². The molecule has 1 aromatic heterocycles. The van der Waals surface area contributed by atoms with Gasteiger partial charge in [0, 0.05) is 36.5 Å². The Balaban J connectivity index is 1.60. The van der Waals surface area contributed by atoms with Gasteiger partial charge in [-0.25, -0.2) is 5.43 Å². The van der Waals surface area contributed by atoms with Crippen LogP contribution in [0.2, 0.25) is 0 Å². The second kappa shape index (κ2) is 10.4. The number of anilines is 4. The molecule has 34 heavy (non-hydrogen) atoms. The summed E-state index contributed by atoms with van der Waals surface area (Å²) in [6.45, 7) is 4.39. The molecular formula is C21H21BrN8O4. The van der Waals surface area contributed by atoms with Crippen molar-refractivity contribution in [2.24, 2.45) is 5.10 Å². The van der Waals surface area contributed by atoms with E-state index in [1.807, 2.05) is 36.1 Å². The van der Waals surface area contributed by atoms with Crippen LogP contribution in [-0.4, -0.2) is 57.5 Å². The van der Waals surface area contributed by atoms with Crippen LogP contribution in [0.15, 0.2) is 46.0 Å². The third-order valence-corrected chi connectivity index (χ3v) is 5.49. The van der Waals surface area contributed by atoms with E-state index < -0.39 is 4.92 Å². The molecule has 0 saturated carbocycles. The minimum atomic E-state index is -0.557. The molecule has 0 atom stereocenters. The average molecular weight is 529 g/mol. The lowest BCUT2D eigenvalue weighted by atomic mass is 10.2. The molecule has 0 spiro atoms. The highest BCUT2D eigenvalue weighted by molar-refractivity contribution is 9.10. The van der Waals surface area contributed by atoms with Gasteiger partial charge >= 0.3 is 0 Å². The highest BCUT2D eigenvalue weighted by Gasteiger charge is 2.17. The number of non-ortho nitro benzene ring substituents is 1. The minimum absolute atomic E-state index is 0.147. The summed E-state index contributed by atoms with van der Waals surface area (Å²) in [5, 5.41) is 28.5. The Labute approximate surface area is 203 Å². The Kier molecular flexibility index (Phi) is 7.13. The van der Waals surface area contributed by atoms with Gasteiger partial charge in [-0.1, -0.05) is 17.7 Å². The van der Waals surface area contributed by atoms with Crippen molar-refractivity contribution in [1.29, 1.82) is 0 Å². The lowest BCUT2D eigenvalue weighted by Gasteiger charge is -2.27. The number of phenols is 1. The Morgan fingerprint density at radius 2 is 1.88 bits per heavy atom. The van der Waals surface area contributed by atoms with Gasteiger partial charge < -0.3 is 20.1 Å². The van der Waals surface area contributed by atoms with Crippen molar-refractivity contribution in [3.05, 3.63) is 62.1 Å². The van der Waals surface area contributed by atoms with Crippen LogP contribution < -0.4 is 15.6 Å². The second-order valence-electron chi connectivity index (χ2n) is 7.37. The van der Waals surface area contributed by atoms with Crippen LogP contribution in [0.3, 0.4) is 0 Å². The molecule has 3 aromatic rings. The number of aryl methyl sites for hydroxylation is 1. The van der Waals surface area contributed by atoms with Gasteiger partial charge in [0.25, 0.3) is 5.69 Å². The van der Waals surface area contributed by atoms with Crippen molar-refractivity contribution < 1.29 is 14.8 Å². The first-order valence-corrected chi connectivity index (χ1v) is 11.1. The van der Waals surface area contributed by atoms with E-state index in [1.54, 1.807) is 0 Å². The maximum Gasteiger partial charge on any atom is 0.271 e. The molecule has 2 aromatic carbocycles. The normalized spacial score (nSPS) is 13.8. The number of hydrazone groups is 1. The Hall–Kier alpha value is -3.84. The van der Waals surface area contributed by atoms with Gasteiger partial charge in [0.1, 0.15) is 5.75 Å². The molecule has 0 bridgehead atoms. The summed E-state index contributed by atoms with van der Waals surface area (Å²) in [6, 6.07) is 10.2. The largest absolute Gasteiger partial charge is 0.506 e. The summed E-state index contributed by atoms with van der Waals surface area (Å²) in [6.07, 6.45) is 1.25. The standard InChI is InChI=1S/C21H21BrN8O4/c1-13-2-4-15(5-3-13)24-19-25-20(27-21(26-19)29-6-8-34-9-7-29)28-23-12-14-10-16(30(32)33)11-17(22)18(14)31/h2-5,10-12,31H,6-9H2,1H3,(H2,24,25,26,27,28). The maximum absolute atomic E-state index is 11.1. The molecule has 1 aliphatic rings. The van der Waals surface area contributed by atoms with Gasteiger partial charge in [-0.05, 0) is 35.0 Å². The average Bonchev–Trinajstić information content (AvgIpc) is 2.83. The molecule has 0 radical (unpaired) electrons. The van der Waals surface area contributed by atoms with E-state index in [0.717, 1.165) is 11.3 Å². The summed E-state index contributed by atoms with van der Waals surface area (Å²) in [5.41, 5.74) is 4.61. The molecule has 176 valence electrons. The predicted molar refractivity (Wildman–Crippen MR) is 131 cm³/mol. The van der Waals surface area contributed by atoms with Crippen molar-refractivity contribution in [3.8, 4) is 5.75 Å². The van der Waals surface area contributed by atoms with Gasteiger partial charge in [0.15, 0.2) is 0 Å². The van der Waals surface area contributed by atoms with Gasteiger partial charge in [0.2, 0.25) is 17.8 Å². The minimum Gasteiger partial charge on any atom is -0.506 e. The predicted octanol–water partition coefficient (Wildman–Crippen LogP) is 3.58. The fraction of sp³-hybridized carbons (Fsp3) is 0.238. The fourth-order valence-corrected chi connectivity index (χ4v) is 3.57. The lowest BCUT2D eigenvalue weighted by molar-refractivity contribution is -0.385. The summed E-state index contributed by atoms with van der Waals surface area (Å²) < 4.78 is 5.59. The van der Waals surface area contributed by atoms with Gasteiger partial charge in [-0.15, -0.1) is 0 Å². The van der Waals surface area contributed by atoms with E-state index in [4.69, 9.17) is 4.74 Å². The summed E-state index contributed by atoms with van der Waals surface area (Å²) >= 11 is 3.11. The molecular weight excluding hydrogens is 508 g/mol. The Bertz CT molecular complexity index is 1220. The number of nitrogens with zero attached hydrogens (tertiary/aromatic N) is 6. The van der Waals surface area contributed by atoms with E-state index in [2.05, 4.69) is 46.7 Å². The zero-order valence-electron chi connectivity index (χ0n) is 18.1. The van der Waals surface area contributed by atoms with Crippen molar-refractivity contribution >= 4 is 51.4 Å². The van der Waals surface area contributed by atoms with Crippen molar-refractivity contribution in [3.63, 3.8) is 0 Å². The molecule has 0 unspecified atom stereocenters. The zero-order chi connectivity index (χ0) is 24.1. The topological polar surface area (TPSA) is 151 Å². The quantitative estimate of drug-likeness (QED) is 0.235. The summed E-state index contributed by atoms with van der Waals surface area (Å²) in [4.78, 5) is 25.8. The number of phenolic OH excluding ortho intramolecular Hbond substituents is 1. The van der Waals surface area contributed by atoms with Gasteiger partial charge in [0.05, 0.1) is 28.8 Å². The van der Waals surface area contributed by atoms with E-state index in [-0.39, 0.29) is 27.4 Å². The SMILES string of the molecule is Cc1ccc(Nc2nc(NN=Cc3cc([N+](=O)[O-])cc(Br)c3O)nc(N3CCOCC3)n2)cc1. The number of nitrogens with one attached hydrogen (secondary N) is 2. The monoisotopic (exact) mass is 528 g/mol. The number of ether oxygens (including phenoxy) is 1. The second-order valence-corrected chi connectivity index (χ2v) is 8.22. The van der Waals surface area contributed by atoms with Crippen LogP contribution in [0.4, 0.5) is 29.2 Å². The first-order chi connectivity index (χ1) is 16.4.